The summed E-state index contributed by atoms with van der Waals surface area (Å²) < 4.78 is 13.1. The molecular weight excluding hydrogens is 375 g/mol. The van der Waals surface area contributed by atoms with Crippen LogP contribution in [-0.4, -0.2) is 33.6 Å². The fourth-order valence-corrected chi connectivity index (χ4v) is 4.13. The Morgan fingerprint density at radius 3 is 2.64 bits per heavy atom. The fourth-order valence-electron chi connectivity index (χ4n) is 2.96. The largest absolute Gasteiger partial charge is 0.294 e. The summed E-state index contributed by atoms with van der Waals surface area (Å²) in [6.45, 7) is 7.82. The Hall–Kier alpha value is -2.73. The van der Waals surface area contributed by atoms with Crippen LogP contribution in [0.5, 0.6) is 0 Å². The molecule has 0 radical (unpaired) electrons. The Labute approximate surface area is 168 Å². The smallest absolute Gasteiger partial charge is 0.242 e. The van der Waals surface area contributed by atoms with E-state index in [1.165, 1.54) is 28.8 Å². The predicted molar refractivity (Wildman–Crippen MR) is 112 cm³/mol. The predicted octanol–water partition coefficient (Wildman–Crippen LogP) is 4.83. The first-order valence-electron chi connectivity index (χ1n) is 8.92. The summed E-state index contributed by atoms with van der Waals surface area (Å²) in [6.07, 6.45) is 1.72. The third kappa shape index (κ3) is 4.39. The van der Waals surface area contributed by atoms with Gasteiger partial charge in [-0.2, -0.15) is 0 Å². The number of Topliss-reactive ketones (excluding diaryl/α,β-unsaturated/α-hetero) is 1. The molecule has 1 fully saturated rings. The molecule has 0 saturated carbocycles. The Kier molecular flexibility index (Phi) is 6.09. The number of hydrogen-bond acceptors (Lipinski definition) is 4. The number of hydrogen-bond donors (Lipinski definition) is 0. The number of benzene rings is 2. The van der Waals surface area contributed by atoms with Crippen molar-refractivity contribution in [2.45, 2.75) is 25.5 Å². The van der Waals surface area contributed by atoms with E-state index in [2.05, 4.69) is 11.6 Å². The van der Waals surface area contributed by atoms with Gasteiger partial charge in [-0.3, -0.25) is 14.5 Å². The van der Waals surface area contributed by atoms with Gasteiger partial charge < -0.3 is 0 Å². The molecule has 0 aliphatic carbocycles. The monoisotopic (exact) mass is 396 g/mol. The third-order valence-corrected chi connectivity index (χ3v) is 5.62. The van der Waals surface area contributed by atoms with Crippen LogP contribution >= 0.6 is 11.8 Å². The molecule has 0 spiro atoms. The van der Waals surface area contributed by atoms with E-state index < -0.39 is 5.25 Å². The van der Waals surface area contributed by atoms with E-state index in [9.17, 15) is 14.0 Å². The van der Waals surface area contributed by atoms with Gasteiger partial charge >= 0.3 is 0 Å². The normalized spacial score (nSPS) is 18.0. The number of aryl methyl sites for hydroxylation is 2. The van der Waals surface area contributed by atoms with Gasteiger partial charge in [0.05, 0.1) is 10.9 Å². The van der Waals surface area contributed by atoms with E-state index in [4.69, 9.17) is 0 Å². The van der Waals surface area contributed by atoms with Crippen LogP contribution in [-0.2, 0) is 4.79 Å². The SMILES string of the molecule is C=CCN1C(=O)C(CC(=O)c2cc(C)ccc2C)SC1=Nc1ccc(F)cc1. The topological polar surface area (TPSA) is 49.7 Å². The van der Waals surface area contributed by atoms with Gasteiger partial charge in [-0.1, -0.05) is 35.5 Å². The van der Waals surface area contributed by atoms with Crippen molar-refractivity contribution in [3.05, 3.63) is 77.6 Å². The minimum atomic E-state index is -0.536. The molecule has 2 aromatic carbocycles. The van der Waals surface area contributed by atoms with E-state index >= 15 is 0 Å². The second-order valence-electron chi connectivity index (χ2n) is 6.66. The van der Waals surface area contributed by atoms with Crippen LogP contribution in [0.1, 0.15) is 27.9 Å². The molecule has 1 atom stereocenters. The summed E-state index contributed by atoms with van der Waals surface area (Å²) in [7, 11) is 0. The number of ketones is 1. The van der Waals surface area contributed by atoms with Gasteiger partial charge in [-0.25, -0.2) is 9.38 Å². The molecule has 0 bridgehead atoms. The van der Waals surface area contributed by atoms with Crippen molar-refractivity contribution < 1.29 is 14.0 Å². The molecule has 28 heavy (non-hydrogen) atoms. The van der Waals surface area contributed by atoms with Crippen LogP contribution in [0.15, 0.2) is 60.1 Å². The summed E-state index contributed by atoms with van der Waals surface area (Å²) >= 11 is 1.26. The van der Waals surface area contributed by atoms with Crippen LogP contribution < -0.4 is 0 Å². The van der Waals surface area contributed by atoms with E-state index in [0.29, 0.717) is 23.0 Å². The van der Waals surface area contributed by atoms with E-state index in [-0.39, 0.29) is 23.9 Å². The molecule has 1 aliphatic rings. The van der Waals surface area contributed by atoms with Crippen LogP contribution in [0.4, 0.5) is 10.1 Å². The lowest BCUT2D eigenvalue weighted by Crippen LogP contribution is -2.33. The van der Waals surface area contributed by atoms with Gasteiger partial charge in [0.1, 0.15) is 5.82 Å². The second-order valence-corrected chi connectivity index (χ2v) is 7.83. The molecule has 1 aliphatic heterocycles. The van der Waals surface area contributed by atoms with E-state index in [1.54, 1.807) is 18.2 Å². The molecule has 1 heterocycles. The van der Waals surface area contributed by atoms with Gasteiger partial charge in [0, 0.05) is 18.5 Å². The second kappa shape index (κ2) is 8.52. The fraction of sp³-hybridized carbons (Fsp3) is 0.227. The number of thioether (sulfide) groups is 1. The molecule has 6 heteroatoms. The highest BCUT2D eigenvalue weighted by Crippen LogP contribution is 2.32. The highest BCUT2D eigenvalue weighted by Gasteiger charge is 2.38. The molecule has 3 rings (SSSR count). The number of carbonyl (C=O) groups is 2. The molecule has 0 N–H and O–H groups in total. The molecule has 144 valence electrons. The zero-order valence-electron chi connectivity index (χ0n) is 15.8. The van der Waals surface area contributed by atoms with Crippen LogP contribution in [0.2, 0.25) is 0 Å². The van der Waals surface area contributed by atoms with Crippen molar-refractivity contribution >= 4 is 34.3 Å². The maximum atomic E-state index is 13.1. The zero-order chi connectivity index (χ0) is 20.3. The summed E-state index contributed by atoms with van der Waals surface area (Å²) in [4.78, 5) is 31.6. The first-order valence-corrected chi connectivity index (χ1v) is 9.80. The summed E-state index contributed by atoms with van der Waals surface area (Å²) in [5.74, 6) is -0.572. The lowest BCUT2D eigenvalue weighted by Gasteiger charge is -2.14. The maximum absolute atomic E-state index is 13.1. The summed E-state index contributed by atoms with van der Waals surface area (Å²) in [5, 5.41) is -0.0400. The molecule has 4 nitrogen and oxygen atoms in total. The highest BCUT2D eigenvalue weighted by atomic mass is 32.2. The van der Waals surface area contributed by atoms with Crippen LogP contribution in [0, 0.1) is 19.7 Å². The summed E-state index contributed by atoms with van der Waals surface area (Å²) in [6, 6.07) is 11.5. The van der Waals surface area contributed by atoms with Gasteiger partial charge in [0.25, 0.3) is 0 Å². The quantitative estimate of drug-likeness (QED) is 0.519. The molecule has 1 saturated heterocycles. The van der Waals surface area contributed by atoms with Crippen molar-refractivity contribution in [1.29, 1.82) is 0 Å². The van der Waals surface area contributed by atoms with Gasteiger partial charge in [0.2, 0.25) is 5.91 Å². The number of aliphatic imine (C=N–C) groups is 1. The molecule has 0 aromatic heterocycles. The lowest BCUT2D eigenvalue weighted by molar-refractivity contribution is -0.125. The van der Waals surface area contributed by atoms with E-state index in [1.807, 2.05) is 32.0 Å². The van der Waals surface area contributed by atoms with Gasteiger partial charge in [-0.15, -0.1) is 6.58 Å². The minimum Gasteiger partial charge on any atom is -0.294 e. The summed E-state index contributed by atoms with van der Waals surface area (Å²) in [5.41, 5.74) is 3.10. The van der Waals surface area contributed by atoms with Gasteiger partial charge in [-0.05, 0) is 49.7 Å². The van der Waals surface area contributed by atoms with Gasteiger partial charge in [0.15, 0.2) is 11.0 Å². The number of nitrogens with zero attached hydrogens (tertiary/aromatic N) is 2. The lowest BCUT2D eigenvalue weighted by atomic mass is 9.99. The van der Waals surface area contributed by atoms with Crippen molar-refractivity contribution in [1.82, 2.24) is 4.90 Å². The Morgan fingerprint density at radius 2 is 1.96 bits per heavy atom. The first-order chi connectivity index (χ1) is 13.4. The van der Waals surface area contributed by atoms with Crippen molar-refractivity contribution in [3.63, 3.8) is 0 Å². The third-order valence-electron chi connectivity index (χ3n) is 4.45. The average molecular weight is 396 g/mol. The maximum Gasteiger partial charge on any atom is 0.242 e. The van der Waals surface area contributed by atoms with E-state index in [0.717, 1.165) is 11.1 Å². The van der Waals surface area contributed by atoms with Crippen LogP contribution in [0.25, 0.3) is 0 Å². The molecular formula is C22H21FN2O2S. The number of carbonyl (C=O) groups excluding carboxylic acids is 2. The highest BCUT2D eigenvalue weighted by molar-refractivity contribution is 8.15. The Morgan fingerprint density at radius 1 is 1.25 bits per heavy atom. The average Bonchev–Trinajstić information content (AvgIpc) is 2.94. The Balaban J connectivity index is 1.83. The molecule has 1 amide bonds. The minimum absolute atomic E-state index is 0.0614. The number of halogens is 1. The molecule has 2 aromatic rings. The number of amides is 1. The number of rotatable bonds is 6. The van der Waals surface area contributed by atoms with Crippen LogP contribution in [0.3, 0.4) is 0 Å². The zero-order valence-corrected chi connectivity index (χ0v) is 16.6. The van der Waals surface area contributed by atoms with Crippen molar-refractivity contribution in [3.8, 4) is 0 Å². The standard InChI is InChI=1S/C22H21FN2O2S/c1-4-11-25-21(27)20(13-19(26)18-12-14(2)5-6-15(18)3)28-22(25)24-17-9-7-16(23)8-10-17/h4-10,12,20H,1,11,13H2,2-3H3. The first kappa shape index (κ1) is 20.0. The number of amidine groups is 1. The molecule has 1 unspecified atom stereocenters. The van der Waals surface area contributed by atoms with Crippen molar-refractivity contribution in [2.75, 3.05) is 6.54 Å². The Bertz CT molecular complexity index is 954. The van der Waals surface area contributed by atoms with Crippen molar-refractivity contribution in [2.24, 2.45) is 4.99 Å².